The Morgan fingerprint density at radius 3 is 2.91 bits per heavy atom. The summed E-state index contributed by atoms with van der Waals surface area (Å²) in [7, 11) is 1.68. The molecule has 0 amide bonds. The van der Waals surface area contributed by atoms with Gasteiger partial charge >= 0.3 is 12.1 Å². The van der Waals surface area contributed by atoms with Crippen molar-refractivity contribution in [1.82, 2.24) is 9.80 Å². The summed E-state index contributed by atoms with van der Waals surface area (Å²) in [4.78, 5) is 14.2. The van der Waals surface area contributed by atoms with E-state index >= 15 is 0 Å². The van der Waals surface area contributed by atoms with Crippen molar-refractivity contribution in [1.29, 1.82) is 0 Å². The van der Waals surface area contributed by atoms with Crippen molar-refractivity contribution in [3.63, 3.8) is 0 Å². The maximum atomic E-state index is 12.9. The normalized spacial score (nSPS) is 20.1. The molecular weight excluding hydrogens is 333 g/mol. The molecule has 1 aromatic rings. The van der Waals surface area contributed by atoms with Crippen LogP contribution in [-0.2, 0) is 22.3 Å². The number of ether oxygens (including phenoxy) is 1. The van der Waals surface area contributed by atoms with Crippen LogP contribution >= 0.6 is 11.3 Å². The molecule has 2 heterocycles. The van der Waals surface area contributed by atoms with Crippen molar-refractivity contribution in [2.24, 2.45) is 0 Å². The lowest BCUT2D eigenvalue weighted by Crippen LogP contribution is -2.47. The topological polar surface area (TPSA) is 53.0 Å². The molecule has 130 valence electrons. The molecule has 0 aromatic carbocycles. The number of nitrogens with zero attached hydrogens (tertiary/aromatic N) is 2. The van der Waals surface area contributed by atoms with Crippen LogP contribution in [0.25, 0.3) is 0 Å². The Morgan fingerprint density at radius 2 is 2.26 bits per heavy atom. The van der Waals surface area contributed by atoms with Crippen LogP contribution in [0, 0.1) is 0 Å². The summed E-state index contributed by atoms with van der Waals surface area (Å²) in [5, 5.41) is 11.4. The van der Waals surface area contributed by atoms with E-state index in [0.717, 1.165) is 16.7 Å². The predicted molar refractivity (Wildman–Crippen MR) is 79.5 cm³/mol. The van der Waals surface area contributed by atoms with Crippen molar-refractivity contribution in [2.75, 3.05) is 39.8 Å². The van der Waals surface area contributed by atoms with Gasteiger partial charge in [-0.25, -0.2) is 0 Å². The molecule has 23 heavy (non-hydrogen) atoms. The van der Waals surface area contributed by atoms with Crippen molar-refractivity contribution >= 4 is 17.3 Å². The van der Waals surface area contributed by atoms with Gasteiger partial charge in [-0.3, -0.25) is 14.6 Å². The molecule has 1 saturated heterocycles. The fraction of sp³-hybridized carbons (Fsp3) is 0.643. The average molecular weight is 352 g/mol. The first-order chi connectivity index (χ1) is 10.8. The maximum Gasteiger partial charge on any atom is 0.417 e. The Hall–Kier alpha value is -1.16. The summed E-state index contributed by atoms with van der Waals surface area (Å²) in [6.45, 7) is 2.03. The monoisotopic (exact) mass is 352 g/mol. The van der Waals surface area contributed by atoms with Crippen LogP contribution < -0.4 is 0 Å². The van der Waals surface area contributed by atoms with Crippen molar-refractivity contribution in [2.45, 2.75) is 18.8 Å². The van der Waals surface area contributed by atoms with E-state index in [4.69, 9.17) is 9.84 Å². The Balaban J connectivity index is 1.92. The molecule has 0 spiro atoms. The number of alkyl halides is 3. The molecule has 0 saturated carbocycles. The number of hydrogen-bond donors (Lipinski definition) is 1. The van der Waals surface area contributed by atoms with Crippen LogP contribution in [0.1, 0.15) is 11.1 Å². The first kappa shape index (κ1) is 18.2. The summed E-state index contributed by atoms with van der Waals surface area (Å²) in [6.07, 6.45) is -4.54. The smallest absolute Gasteiger partial charge is 0.417 e. The number of carboxylic acids is 1. The molecule has 1 atom stereocenters. The molecule has 1 N–H and O–H groups in total. The van der Waals surface area contributed by atoms with Gasteiger partial charge in [0.05, 0.1) is 24.8 Å². The van der Waals surface area contributed by atoms with Crippen LogP contribution in [0.4, 0.5) is 13.2 Å². The van der Waals surface area contributed by atoms with E-state index in [0.29, 0.717) is 26.2 Å². The Kier molecular flexibility index (Phi) is 6.01. The average Bonchev–Trinajstić information content (AvgIpc) is 2.86. The highest BCUT2D eigenvalue weighted by Crippen LogP contribution is 2.34. The van der Waals surface area contributed by atoms with Crippen LogP contribution in [0.15, 0.2) is 10.8 Å². The third-order valence-electron chi connectivity index (χ3n) is 3.58. The first-order valence-electron chi connectivity index (χ1n) is 7.12. The number of morpholine rings is 1. The van der Waals surface area contributed by atoms with Gasteiger partial charge < -0.3 is 9.84 Å². The van der Waals surface area contributed by atoms with E-state index in [1.54, 1.807) is 11.9 Å². The third-order valence-corrected chi connectivity index (χ3v) is 4.38. The zero-order valence-corrected chi connectivity index (χ0v) is 13.5. The quantitative estimate of drug-likeness (QED) is 0.849. The van der Waals surface area contributed by atoms with Crippen molar-refractivity contribution in [3.8, 4) is 0 Å². The molecule has 1 aliphatic heterocycles. The number of aliphatic carboxylic acids is 1. The van der Waals surface area contributed by atoms with Crippen molar-refractivity contribution < 1.29 is 27.8 Å². The summed E-state index contributed by atoms with van der Waals surface area (Å²) in [6, 6.07) is 0. The van der Waals surface area contributed by atoms with Gasteiger partial charge in [0.25, 0.3) is 0 Å². The van der Waals surface area contributed by atoms with E-state index in [1.807, 2.05) is 4.90 Å². The van der Waals surface area contributed by atoms with Gasteiger partial charge in [0, 0.05) is 31.6 Å². The van der Waals surface area contributed by atoms with Crippen LogP contribution in [0.3, 0.4) is 0 Å². The van der Waals surface area contributed by atoms with E-state index in [9.17, 15) is 18.0 Å². The Morgan fingerprint density at radius 1 is 1.52 bits per heavy atom. The number of rotatable bonds is 6. The zero-order valence-electron chi connectivity index (χ0n) is 12.7. The second-order valence-electron chi connectivity index (χ2n) is 5.63. The Bertz CT molecular complexity index is 536. The molecule has 0 radical (unpaired) electrons. The van der Waals surface area contributed by atoms with Gasteiger partial charge in [-0.05, 0) is 18.0 Å². The third kappa shape index (κ3) is 5.45. The highest BCUT2D eigenvalue weighted by molar-refractivity contribution is 7.08. The van der Waals surface area contributed by atoms with Gasteiger partial charge in [-0.1, -0.05) is 0 Å². The summed E-state index contributed by atoms with van der Waals surface area (Å²) >= 11 is 1.05. The van der Waals surface area contributed by atoms with Crippen LogP contribution in [0.5, 0.6) is 0 Å². The highest BCUT2D eigenvalue weighted by atomic mass is 32.1. The minimum Gasteiger partial charge on any atom is -0.480 e. The largest absolute Gasteiger partial charge is 0.480 e. The molecule has 1 unspecified atom stereocenters. The number of halogens is 3. The maximum absolute atomic E-state index is 12.9. The minimum atomic E-state index is -4.33. The van der Waals surface area contributed by atoms with Gasteiger partial charge in [0.15, 0.2) is 0 Å². The number of likely N-dealkylation sites (N-methyl/N-ethyl adjacent to an activating group) is 1. The molecule has 0 bridgehead atoms. The van der Waals surface area contributed by atoms with E-state index in [-0.39, 0.29) is 24.8 Å². The lowest BCUT2D eigenvalue weighted by molar-refractivity contribution is -0.139. The number of thiophene rings is 1. The molecule has 5 nitrogen and oxygen atoms in total. The van der Waals surface area contributed by atoms with E-state index < -0.39 is 17.7 Å². The number of carbonyl (C=O) groups is 1. The second kappa shape index (κ2) is 7.61. The van der Waals surface area contributed by atoms with Gasteiger partial charge in [0.2, 0.25) is 0 Å². The number of hydrogen-bond acceptors (Lipinski definition) is 5. The second-order valence-corrected chi connectivity index (χ2v) is 6.37. The molecule has 0 aliphatic carbocycles. The molecule has 1 fully saturated rings. The van der Waals surface area contributed by atoms with Crippen LogP contribution in [-0.4, -0.2) is 66.8 Å². The molecule has 9 heteroatoms. The van der Waals surface area contributed by atoms with Crippen molar-refractivity contribution in [3.05, 3.63) is 21.9 Å². The van der Waals surface area contributed by atoms with Crippen LogP contribution in [0.2, 0.25) is 0 Å². The zero-order chi connectivity index (χ0) is 17.0. The fourth-order valence-corrected chi connectivity index (χ4v) is 3.47. The lowest BCUT2D eigenvalue weighted by atomic mass is 10.1. The SMILES string of the molecule is CN(CC(=O)O)CC1CN(Cc2cscc2C(F)(F)F)CCO1. The first-order valence-corrected chi connectivity index (χ1v) is 8.06. The lowest BCUT2D eigenvalue weighted by Gasteiger charge is -2.34. The molecular formula is C14H19F3N2O3S. The summed E-state index contributed by atoms with van der Waals surface area (Å²) in [5.74, 6) is -0.923. The van der Waals surface area contributed by atoms with Gasteiger partial charge in [-0.15, -0.1) is 0 Å². The predicted octanol–water partition coefficient (Wildman–Crippen LogP) is 1.98. The highest BCUT2D eigenvalue weighted by Gasteiger charge is 2.34. The van der Waals surface area contributed by atoms with Gasteiger partial charge in [-0.2, -0.15) is 24.5 Å². The minimum absolute atomic E-state index is 0.0946. The Labute approximate surface area is 136 Å². The molecule has 2 rings (SSSR count). The van der Waals surface area contributed by atoms with E-state index in [1.165, 1.54) is 5.38 Å². The van der Waals surface area contributed by atoms with Gasteiger partial charge in [0.1, 0.15) is 0 Å². The summed E-state index contributed by atoms with van der Waals surface area (Å²) < 4.78 is 44.3. The molecule has 1 aromatic heterocycles. The van der Waals surface area contributed by atoms with E-state index in [2.05, 4.69) is 0 Å². The standard InChI is InChI=1S/C14H19F3N2O3S/c1-18(7-13(20)21)5-11-6-19(2-3-22-11)4-10-8-23-9-12(10)14(15,16)17/h8-9,11H,2-7H2,1H3,(H,20,21). The fourth-order valence-electron chi connectivity index (χ4n) is 2.61. The number of carboxylic acid groups (broad SMARTS) is 1. The molecule has 1 aliphatic rings. The summed E-state index contributed by atoms with van der Waals surface area (Å²) in [5.41, 5.74) is -0.296.